The molecule has 2 atom stereocenters. The molecular formula is C28H63N2O4+. The summed E-state index contributed by atoms with van der Waals surface area (Å²) in [5.41, 5.74) is 0.120. The standard InChI is InChI=1S/C17H36O2.C7H16NO.C2H5NO.C2H6/c1-10-11-14(2)12-18-17(9,16(6,7)8)19-13-15(3,4)5;1-5-8(3,4)6-7(2)9;1-3-2-4;1-2/h14H,10-13H2,1-9H3;5-6H2,1-4H3;2H,1H3,(H,3,4);1-2H3/q;+1;;. The van der Waals surface area contributed by atoms with Crippen LogP contribution in [0.5, 0.6) is 0 Å². The topological polar surface area (TPSA) is 64.6 Å². The van der Waals surface area contributed by atoms with E-state index in [0.717, 1.165) is 17.6 Å². The summed E-state index contributed by atoms with van der Waals surface area (Å²) in [7, 11) is 5.68. The first-order chi connectivity index (χ1) is 15.3. The number of amides is 1. The number of Topliss-reactive ketones (excluding diaryl/α,β-unsaturated/α-hetero) is 1. The van der Waals surface area contributed by atoms with E-state index in [4.69, 9.17) is 14.3 Å². The molecular weight excluding hydrogens is 428 g/mol. The van der Waals surface area contributed by atoms with Crippen molar-refractivity contribution < 1.29 is 23.5 Å². The zero-order valence-corrected chi connectivity index (χ0v) is 26.0. The number of likely N-dealkylation sites (N-methyl/N-ethyl adjacent to an activating group) is 1. The second-order valence-corrected chi connectivity index (χ2v) is 11.8. The van der Waals surface area contributed by atoms with Gasteiger partial charge in [-0.3, -0.25) is 9.59 Å². The number of quaternary nitrogens is 1. The van der Waals surface area contributed by atoms with Gasteiger partial charge in [0, 0.05) is 19.4 Å². The van der Waals surface area contributed by atoms with Crippen molar-refractivity contribution in [2.75, 3.05) is 47.4 Å². The summed E-state index contributed by atoms with van der Waals surface area (Å²) >= 11 is 0. The Balaban J connectivity index is -0.000000248. The molecule has 6 heteroatoms. The number of hydrogen-bond donors (Lipinski definition) is 1. The molecule has 0 aromatic carbocycles. The number of ether oxygens (including phenoxy) is 2. The first kappa shape index (κ1) is 40.2. The number of carbonyl (C=O) groups is 2. The van der Waals surface area contributed by atoms with Crippen LogP contribution in [0.3, 0.4) is 0 Å². The van der Waals surface area contributed by atoms with Gasteiger partial charge in [-0.2, -0.15) is 0 Å². The Morgan fingerprint density at radius 3 is 1.68 bits per heavy atom. The molecule has 0 spiro atoms. The molecule has 1 N–H and O–H groups in total. The van der Waals surface area contributed by atoms with Crippen molar-refractivity contribution in [1.29, 1.82) is 0 Å². The summed E-state index contributed by atoms with van der Waals surface area (Å²) in [6.07, 6.45) is 3.04. The van der Waals surface area contributed by atoms with Gasteiger partial charge in [0.05, 0.1) is 33.9 Å². The first-order valence-electron chi connectivity index (χ1n) is 13.0. The van der Waals surface area contributed by atoms with Crippen LogP contribution in [0.1, 0.15) is 103 Å². The van der Waals surface area contributed by atoms with Crippen LogP contribution in [0.15, 0.2) is 0 Å². The maximum absolute atomic E-state index is 10.6. The number of ketones is 1. The van der Waals surface area contributed by atoms with Gasteiger partial charge in [0.2, 0.25) is 6.41 Å². The first-order valence-corrected chi connectivity index (χ1v) is 13.0. The predicted octanol–water partition coefficient (Wildman–Crippen LogP) is 6.32. The van der Waals surface area contributed by atoms with Gasteiger partial charge in [0.15, 0.2) is 11.6 Å². The number of hydrogen-bond acceptors (Lipinski definition) is 4. The van der Waals surface area contributed by atoms with Crippen molar-refractivity contribution in [3.63, 3.8) is 0 Å². The van der Waals surface area contributed by atoms with E-state index < -0.39 is 5.79 Å². The summed E-state index contributed by atoms with van der Waals surface area (Å²) in [4.78, 5) is 19.7. The highest BCUT2D eigenvalue weighted by atomic mass is 16.7. The molecule has 6 nitrogen and oxygen atoms in total. The molecule has 2 unspecified atom stereocenters. The van der Waals surface area contributed by atoms with E-state index in [0.29, 0.717) is 25.5 Å². The van der Waals surface area contributed by atoms with E-state index in [9.17, 15) is 4.79 Å². The van der Waals surface area contributed by atoms with Crippen molar-refractivity contribution in [1.82, 2.24) is 5.32 Å². The SMILES string of the molecule is CC.CCCC(C)COC(C)(OCC(C)(C)C)C(C)(C)C.CC[N+](C)(C)CC(C)=O.CNC=O. The summed E-state index contributed by atoms with van der Waals surface area (Å²) in [6, 6.07) is 0. The fourth-order valence-electron chi connectivity index (χ4n) is 2.42. The van der Waals surface area contributed by atoms with E-state index in [2.05, 4.69) is 88.6 Å². The minimum Gasteiger partial charge on any atom is -0.362 e. The number of nitrogens with one attached hydrogen (secondary N) is 1. The third-order valence-corrected chi connectivity index (χ3v) is 5.19. The smallest absolute Gasteiger partial charge is 0.206 e. The lowest BCUT2D eigenvalue weighted by atomic mass is 9.86. The molecule has 34 heavy (non-hydrogen) atoms. The molecule has 0 bridgehead atoms. The summed E-state index contributed by atoms with van der Waals surface area (Å²) in [5, 5.41) is 2.25. The van der Waals surface area contributed by atoms with E-state index in [1.165, 1.54) is 12.8 Å². The van der Waals surface area contributed by atoms with Crippen molar-refractivity contribution >= 4 is 12.2 Å². The monoisotopic (exact) mass is 491 g/mol. The lowest BCUT2D eigenvalue weighted by Gasteiger charge is -2.43. The lowest BCUT2D eigenvalue weighted by Crippen LogP contribution is -2.47. The van der Waals surface area contributed by atoms with Crippen LogP contribution < -0.4 is 5.32 Å². The van der Waals surface area contributed by atoms with Crippen LogP contribution in [-0.2, 0) is 19.1 Å². The Morgan fingerprint density at radius 1 is 1.00 bits per heavy atom. The molecule has 0 aliphatic carbocycles. The normalized spacial score (nSPS) is 14.0. The molecule has 0 aromatic heterocycles. The van der Waals surface area contributed by atoms with Crippen molar-refractivity contribution in [3.05, 3.63) is 0 Å². The maximum atomic E-state index is 10.6. The molecule has 0 saturated carbocycles. The summed E-state index contributed by atoms with van der Waals surface area (Å²) in [6.45, 7) is 30.5. The number of nitrogens with zero attached hydrogens (tertiary/aromatic N) is 1. The Kier molecular flexibility index (Phi) is 23.9. The Morgan fingerprint density at radius 2 is 1.44 bits per heavy atom. The summed E-state index contributed by atoms with van der Waals surface area (Å²) in [5.74, 6) is 0.328. The molecule has 0 aromatic rings. The predicted molar refractivity (Wildman–Crippen MR) is 148 cm³/mol. The molecule has 0 heterocycles. The van der Waals surface area contributed by atoms with Gasteiger partial charge in [-0.15, -0.1) is 0 Å². The zero-order valence-electron chi connectivity index (χ0n) is 26.0. The van der Waals surface area contributed by atoms with Gasteiger partial charge in [-0.25, -0.2) is 0 Å². The maximum Gasteiger partial charge on any atom is 0.206 e. The molecule has 0 radical (unpaired) electrons. The third kappa shape index (κ3) is 25.6. The van der Waals surface area contributed by atoms with Crippen LogP contribution in [0, 0.1) is 16.7 Å². The van der Waals surface area contributed by atoms with E-state index in [-0.39, 0.29) is 16.6 Å². The van der Waals surface area contributed by atoms with Crippen molar-refractivity contribution in [2.45, 2.75) is 109 Å². The average Bonchev–Trinajstić information content (AvgIpc) is 2.71. The van der Waals surface area contributed by atoms with Crippen LogP contribution in [0.25, 0.3) is 0 Å². The molecule has 0 aliphatic rings. The third-order valence-electron chi connectivity index (χ3n) is 5.19. The van der Waals surface area contributed by atoms with Crippen LogP contribution in [0.2, 0.25) is 0 Å². The highest BCUT2D eigenvalue weighted by Gasteiger charge is 2.40. The Hall–Kier alpha value is -0.980. The second-order valence-electron chi connectivity index (χ2n) is 11.8. The highest BCUT2D eigenvalue weighted by molar-refractivity contribution is 5.76. The van der Waals surface area contributed by atoms with Crippen LogP contribution in [-0.4, -0.2) is 69.9 Å². The van der Waals surface area contributed by atoms with Crippen LogP contribution >= 0.6 is 0 Å². The van der Waals surface area contributed by atoms with E-state index in [1.54, 1.807) is 14.0 Å². The Bertz CT molecular complexity index is 494. The number of carbonyl (C=O) groups excluding carboxylic acids is 2. The van der Waals surface area contributed by atoms with Gasteiger partial charge in [0.25, 0.3) is 0 Å². The average molecular weight is 492 g/mol. The molecule has 1 amide bonds. The van der Waals surface area contributed by atoms with Gasteiger partial charge in [0.1, 0.15) is 6.54 Å². The van der Waals surface area contributed by atoms with Crippen molar-refractivity contribution in [3.8, 4) is 0 Å². The van der Waals surface area contributed by atoms with Gasteiger partial charge in [-0.1, -0.05) is 75.7 Å². The second kappa shape index (κ2) is 20.2. The minimum absolute atomic E-state index is 0.0375. The largest absolute Gasteiger partial charge is 0.362 e. The Labute approximate surface area is 214 Å². The zero-order chi connectivity index (χ0) is 28.2. The molecule has 0 aliphatic heterocycles. The van der Waals surface area contributed by atoms with Crippen molar-refractivity contribution in [2.24, 2.45) is 16.7 Å². The van der Waals surface area contributed by atoms with Gasteiger partial charge < -0.3 is 19.3 Å². The van der Waals surface area contributed by atoms with E-state index >= 15 is 0 Å². The molecule has 0 rings (SSSR count). The summed E-state index contributed by atoms with van der Waals surface area (Å²) < 4.78 is 13.1. The molecule has 0 saturated heterocycles. The molecule has 0 fully saturated rings. The van der Waals surface area contributed by atoms with Gasteiger partial charge >= 0.3 is 0 Å². The fraction of sp³-hybridized carbons (Fsp3) is 0.929. The van der Waals surface area contributed by atoms with Crippen LogP contribution in [0.4, 0.5) is 0 Å². The number of rotatable bonds is 11. The van der Waals surface area contributed by atoms with E-state index in [1.807, 2.05) is 13.8 Å². The van der Waals surface area contributed by atoms with Gasteiger partial charge in [-0.05, 0) is 31.6 Å². The lowest BCUT2D eigenvalue weighted by molar-refractivity contribution is -0.880. The fourth-order valence-corrected chi connectivity index (χ4v) is 2.42. The minimum atomic E-state index is -0.526. The quantitative estimate of drug-likeness (QED) is 0.208. The molecule has 208 valence electrons. The highest BCUT2D eigenvalue weighted by Crippen LogP contribution is 2.36.